The molecule has 0 aliphatic rings. The molecule has 1 aromatic heterocycles. The van der Waals surface area contributed by atoms with Gasteiger partial charge >= 0.3 is 0 Å². The fourth-order valence-corrected chi connectivity index (χ4v) is 2.11. The maximum atomic E-state index is 12.1. The molecule has 1 N–H and O–H groups in total. The normalized spacial score (nSPS) is 11.1. The van der Waals surface area contributed by atoms with Gasteiger partial charge in [-0.3, -0.25) is 4.79 Å². The number of aromatic nitrogens is 2. The smallest absolute Gasteiger partial charge is 0.283 e. The number of likely N-dealkylation sites (N-methyl/N-ethyl adjacent to an activating group) is 1. The van der Waals surface area contributed by atoms with Crippen LogP contribution in [0.5, 0.6) is 0 Å². The predicted molar refractivity (Wildman–Crippen MR) is 85.9 cm³/mol. The van der Waals surface area contributed by atoms with Crippen LogP contribution in [0, 0.1) is 0 Å². The van der Waals surface area contributed by atoms with Crippen molar-refractivity contribution in [2.45, 2.75) is 6.54 Å². The first kappa shape index (κ1) is 18.1. The van der Waals surface area contributed by atoms with Crippen LogP contribution in [0.3, 0.4) is 0 Å². The Morgan fingerprint density at radius 1 is 1.33 bits per heavy atom. The van der Waals surface area contributed by atoms with Crippen LogP contribution < -0.4 is 10.9 Å². The number of methoxy groups -OCH3 is 2. The van der Waals surface area contributed by atoms with Crippen molar-refractivity contribution < 1.29 is 9.47 Å². The summed E-state index contributed by atoms with van der Waals surface area (Å²) < 4.78 is 11.8. The fraction of sp³-hybridized carbons (Fsp3) is 0.692. The minimum atomic E-state index is -0.162. The topological polar surface area (TPSA) is 68.6 Å². The molecule has 1 rings (SSSR count). The summed E-state index contributed by atoms with van der Waals surface area (Å²) in [4.78, 5) is 14.2. The van der Waals surface area contributed by atoms with E-state index in [0.717, 1.165) is 19.6 Å². The van der Waals surface area contributed by atoms with Crippen molar-refractivity contribution in [2.75, 3.05) is 59.4 Å². The second-order valence-corrected chi connectivity index (χ2v) is 5.41. The summed E-state index contributed by atoms with van der Waals surface area (Å²) in [5, 5.41) is 7.33. The largest absolute Gasteiger partial charge is 0.383 e. The van der Waals surface area contributed by atoms with E-state index in [1.807, 2.05) is 7.05 Å². The van der Waals surface area contributed by atoms with Crippen LogP contribution in [0.25, 0.3) is 0 Å². The first-order valence-electron chi connectivity index (χ1n) is 6.76. The Bertz CT molecular complexity index is 481. The van der Waals surface area contributed by atoms with Gasteiger partial charge in [-0.25, -0.2) is 4.68 Å². The molecule has 0 atom stereocenters. The maximum Gasteiger partial charge on any atom is 0.283 e. The zero-order chi connectivity index (χ0) is 15.7. The lowest BCUT2D eigenvalue weighted by Crippen LogP contribution is -2.30. The van der Waals surface area contributed by atoms with E-state index in [2.05, 4.69) is 31.2 Å². The van der Waals surface area contributed by atoms with Gasteiger partial charge in [0.05, 0.1) is 31.6 Å². The summed E-state index contributed by atoms with van der Waals surface area (Å²) in [5.74, 6) is 0. The van der Waals surface area contributed by atoms with E-state index in [9.17, 15) is 4.79 Å². The Morgan fingerprint density at radius 3 is 2.71 bits per heavy atom. The number of halogens is 1. The summed E-state index contributed by atoms with van der Waals surface area (Å²) in [5.41, 5.74) is 0.540. The second-order valence-electron chi connectivity index (χ2n) is 4.62. The molecule has 0 spiro atoms. The average molecular weight is 363 g/mol. The van der Waals surface area contributed by atoms with Crippen molar-refractivity contribution in [3.05, 3.63) is 21.0 Å². The Hall–Kier alpha value is -0.960. The van der Waals surface area contributed by atoms with E-state index in [1.54, 1.807) is 20.4 Å². The van der Waals surface area contributed by atoms with Gasteiger partial charge in [0.1, 0.15) is 4.47 Å². The second kappa shape index (κ2) is 9.88. The molecule has 0 radical (unpaired) electrons. The van der Waals surface area contributed by atoms with E-state index in [1.165, 1.54) is 4.68 Å². The summed E-state index contributed by atoms with van der Waals surface area (Å²) >= 11 is 3.32. The zero-order valence-electron chi connectivity index (χ0n) is 12.8. The Kier molecular flexibility index (Phi) is 8.51. The summed E-state index contributed by atoms with van der Waals surface area (Å²) in [6.45, 7) is 4.04. The van der Waals surface area contributed by atoms with Crippen LogP contribution in [0.4, 0.5) is 5.69 Å². The fourth-order valence-electron chi connectivity index (χ4n) is 1.67. The zero-order valence-corrected chi connectivity index (χ0v) is 14.4. The molecule has 0 amide bonds. The molecule has 1 heterocycles. The third-order valence-electron chi connectivity index (χ3n) is 2.98. The Labute approximate surface area is 133 Å². The number of nitrogens with one attached hydrogen (secondary N) is 1. The van der Waals surface area contributed by atoms with E-state index in [4.69, 9.17) is 9.47 Å². The molecule has 7 nitrogen and oxygen atoms in total. The van der Waals surface area contributed by atoms with Crippen molar-refractivity contribution in [1.29, 1.82) is 0 Å². The number of ether oxygens (including phenoxy) is 2. The molecule has 0 saturated carbocycles. The van der Waals surface area contributed by atoms with Gasteiger partial charge in [0.2, 0.25) is 0 Å². The van der Waals surface area contributed by atoms with Crippen LogP contribution in [0.15, 0.2) is 15.5 Å². The highest BCUT2D eigenvalue weighted by Crippen LogP contribution is 2.15. The maximum absolute atomic E-state index is 12.1. The minimum absolute atomic E-state index is 0.162. The highest BCUT2D eigenvalue weighted by Gasteiger charge is 2.08. The molecule has 0 saturated heterocycles. The molecule has 0 aromatic carbocycles. The molecule has 120 valence electrons. The van der Waals surface area contributed by atoms with E-state index < -0.39 is 0 Å². The Balaban J connectivity index is 2.52. The van der Waals surface area contributed by atoms with Gasteiger partial charge in [0.15, 0.2) is 0 Å². The number of hydrogen-bond donors (Lipinski definition) is 1. The molecule has 8 heteroatoms. The van der Waals surface area contributed by atoms with Crippen LogP contribution in [0.2, 0.25) is 0 Å². The lowest BCUT2D eigenvalue weighted by atomic mass is 10.4. The SMILES string of the molecule is COCCN(C)CCNc1cnn(CCOC)c(=O)c1Br. The highest BCUT2D eigenvalue weighted by atomic mass is 79.9. The molecule has 0 aliphatic carbocycles. The van der Waals surface area contributed by atoms with Crippen molar-refractivity contribution in [1.82, 2.24) is 14.7 Å². The van der Waals surface area contributed by atoms with Gasteiger partial charge in [-0.2, -0.15) is 5.10 Å². The lowest BCUT2D eigenvalue weighted by molar-refractivity contribution is 0.163. The molecule has 0 unspecified atom stereocenters. The van der Waals surface area contributed by atoms with Crippen LogP contribution in [0.1, 0.15) is 0 Å². The van der Waals surface area contributed by atoms with E-state index in [-0.39, 0.29) is 5.56 Å². The standard InChI is InChI=1S/C13H23BrN4O3/c1-17(6-8-20-2)5-4-15-11-10-16-18(7-9-21-3)13(19)12(11)14/h10,15H,4-9H2,1-3H3. The van der Waals surface area contributed by atoms with Gasteiger partial charge in [-0.1, -0.05) is 0 Å². The van der Waals surface area contributed by atoms with E-state index in [0.29, 0.717) is 29.9 Å². The van der Waals surface area contributed by atoms with Crippen LogP contribution in [-0.4, -0.2) is 68.8 Å². The lowest BCUT2D eigenvalue weighted by Gasteiger charge is -2.17. The third kappa shape index (κ3) is 6.13. The van der Waals surface area contributed by atoms with Crippen molar-refractivity contribution >= 4 is 21.6 Å². The molecule has 21 heavy (non-hydrogen) atoms. The molecular weight excluding hydrogens is 340 g/mol. The van der Waals surface area contributed by atoms with Crippen LogP contribution in [-0.2, 0) is 16.0 Å². The summed E-state index contributed by atoms with van der Waals surface area (Å²) in [6, 6.07) is 0. The average Bonchev–Trinajstić information content (AvgIpc) is 2.48. The van der Waals surface area contributed by atoms with Crippen LogP contribution >= 0.6 is 15.9 Å². The van der Waals surface area contributed by atoms with Crippen molar-refractivity contribution in [3.8, 4) is 0 Å². The Morgan fingerprint density at radius 2 is 2.05 bits per heavy atom. The van der Waals surface area contributed by atoms with E-state index >= 15 is 0 Å². The minimum Gasteiger partial charge on any atom is -0.383 e. The van der Waals surface area contributed by atoms with Gasteiger partial charge < -0.3 is 19.7 Å². The van der Waals surface area contributed by atoms with Gasteiger partial charge in [0.25, 0.3) is 5.56 Å². The molecular formula is C13H23BrN4O3. The number of hydrogen-bond acceptors (Lipinski definition) is 6. The number of rotatable bonds is 10. The third-order valence-corrected chi connectivity index (χ3v) is 3.74. The van der Waals surface area contributed by atoms with Gasteiger partial charge in [-0.05, 0) is 23.0 Å². The first-order chi connectivity index (χ1) is 10.1. The van der Waals surface area contributed by atoms with Gasteiger partial charge in [0, 0.05) is 33.9 Å². The quantitative estimate of drug-likeness (QED) is 0.658. The van der Waals surface area contributed by atoms with Crippen molar-refractivity contribution in [2.24, 2.45) is 0 Å². The monoisotopic (exact) mass is 362 g/mol. The summed E-state index contributed by atoms with van der Waals surface area (Å²) in [6.07, 6.45) is 1.65. The number of anilines is 1. The van der Waals surface area contributed by atoms with Gasteiger partial charge in [-0.15, -0.1) is 0 Å². The predicted octanol–water partition coefficient (Wildman–Crippen LogP) is 0.642. The molecule has 1 aromatic rings. The highest BCUT2D eigenvalue weighted by molar-refractivity contribution is 9.10. The first-order valence-corrected chi connectivity index (χ1v) is 7.55. The molecule has 0 aliphatic heterocycles. The van der Waals surface area contributed by atoms with Crippen molar-refractivity contribution in [3.63, 3.8) is 0 Å². The molecule has 0 fully saturated rings. The molecule has 0 bridgehead atoms. The number of nitrogens with zero attached hydrogens (tertiary/aromatic N) is 3. The summed E-state index contributed by atoms with van der Waals surface area (Å²) in [7, 11) is 5.31.